The van der Waals surface area contributed by atoms with Crippen LogP contribution in [0.1, 0.15) is 0 Å². The minimum atomic E-state index is -3.69. The molecule has 1 aromatic carbocycles. The Bertz CT molecular complexity index is 720. The van der Waals surface area contributed by atoms with Gasteiger partial charge in [-0.15, -0.1) is 0 Å². The lowest BCUT2D eigenvalue weighted by Gasteiger charge is -2.10. The summed E-state index contributed by atoms with van der Waals surface area (Å²) in [5, 5.41) is 0. The quantitative estimate of drug-likeness (QED) is 0.820. The van der Waals surface area contributed by atoms with Crippen molar-refractivity contribution in [3.8, 4) is 0 Å². The Balaban J connectivity index is 2.36. The molecule has 5 nitrogen and oxygen atoms in total. The number of nitrogens with two attached hydrogens (primary N) is 1. The third-order valence-electron chi connectivity index (χ3n) is 2.24. The summed E-state index contributed by atoms with van der Waals surface area (Å²) in [6.45, 7) is 0. The van der Waals surface area contributed by atoms with Gasteiger partial charge in [-0.3, -0.25) is 4.72 Å². The molecule has 2 aromatic rings. The summed E-state index contributed by atoms with van der Waals surface area (Å²) in [6.07, 6.45) is 1.35. The van der Waals surface area contributed by atoms with Gasteiger partial charge in [-0.1, -0.05) is 15.9 Å². The number of sulfonamides is 1. The molecule has 0 saturated carbocycles. The largest absolute Gasteiger partial charge is 0.384 e. The first-order chi connectivity index (χ1) is 8.88. The van der Waals surface area contributed by atoms with Crippen LogP contribution in [-0.2, 0) is 10.0 Å². The van der Waals surface area contributed by atoms with Crippen LogP contribution in [-0.4, -0.2) is 13.4 Å². The van der Waals surface area contributed by atoms with E-state index in [1.807, 2.05) is 0 Å². The van der Waals surface area contributed by atoms with Crippen LogP contribution >= 0.6 is 31.9 Å². The van der Waals surface area contributed by atoms with Crippen LogP contribution in [0.4, 0.5) is 11.5 Å². The lowest BCUT2D eigenvalue weighted by atomic mass is 10.3. The Morgan fingerprint density at radius 1 is 1.16 bits per heavy atom. The molecule has 3 N–H and O–H groups in total. The van der Waals surface area contributed by atoms with Gasteiger partial charge in [0.25, 0.3) is 10.0 Å². The van der Waals surface area contributed by atoms with Crippen molar-refractivity contribution >= 4 is 53.4 Å². The van der Waals surface area contributed by atoms with Crippen LogP contribution in [0.3, 0.4) is 0 Å². The molecule has 0 radical (unpaired) electrons. The molecule has 0 bridgehead atoms. The van der Waals surface area contributed by atoms with E-state index >= 15 is 0 Å². The number of nitrogen functional groups attached to an aromatic ring is 1. The summed E-state index contributed by atoms with van der Waals surface area (Å²) in [5.74, 6) is 0.151. The summed E-state index contributed by atoms with van der Waals surface area (Å²) in [4.78, 5) is 3.82. The molecule has 0 fully saturated rings. The molecule has 0 aliphatic heterocycles. The topological polar surface area (TPSA) is 85.1 Å². The van der Waals surface area contributed by atoms with E-state index < -0.39 is 10.0 Å². The molecule has 0 spiro atoms. The number of halogens is 2. The van der Waals surface area contributed by atoms with Crippen LogP contribution in [0.25, 0.3) is 0 Å². The number of hydrogen-bond acceptors (Lipinski definition) is 4. The van der Waals surface area contributed by atoms with Gasteiger partial charge in [-0.25, -0.2) is 13.4 Å². The second kappa shape index (κ2) is 5.48. The van der Waals surface area contributed by atoms with Crippen molar-refractivity contribution in [3.63, 3.8) is 0 Å². The van der Waals surface area contributed by atoms with E-state index in [-0.39, 0.29) is 10.7 Å². The van der Waals surface area contributed by atoms with Crippen LogP contribution in [0.15, 0.2) is 50.4 Å². The maximum absolute atomic E-state index is 12.2. The van der Waals surface area contributed by atoms with E-state index in [0.717, 1.165) is 4.47 Å². The zero-order valence-corrected chi connectivity index (χ0v) is 13.5. The van der Waals surface area contributed by atoms with Gasteiger partial charge in [0.1, 0.15) is 5.82 Å². The number of aromatic nitrogens is 1. The number of pyridine rings is 1. The first kappa shape index (κ1) is 14.3. The second-order valence-electron chi connectivity index (χ2n) is 3.65. The molecule has 0 aliphatic rings. The third-order valence-corrected chi connectivity index (χ3v) is 4.75. The van der Waals surface area contributed by atoms with Crippen molar-refractivity contribution in [2.24, 2.45) is 0 Å². The highest BCUT2D eigenvalue weighted by molar-refractivity contribution is 9.11. The minimum Gasteiger partial charge on any atom is -0.384 e. The standard InChI is InChI=1S/C11H9Br2N3O2S/c12-7-1-2-10(9(13)5-7)16-19(17,18)8-3-4-15-11(14)6-8/h1-6,16H,(H2,14,15). The predicted octanol–water partition coefficient (Wildman–Crippen LogP) is 2.99. The average Bonchev–Trinajstić information content (AvgIpc) is 2.33. The first-order valence-corrected chi connectivity index (χ1v) is 8.15. The van der Waals surface area contributed by atoms with E-state index in [1.54, 1.807) is 18.2 Å². The first-order valence-electron chi connectivity index (χ1n) is 5.08. The summed E-state index contributed by atoms with van der Waals surface area (Å²) in [7, 11) is -3.69. The molecular formula is C11H9Br2N3O2S. The van der Waals surface area contributed by atoms with Crippen molar-refractivity contribution < 1.29 is 8.42 Å². The second-order valence-corrected chi connectivity index (χ2v) is 7.10. The minimum absolute atomic E-state index is 0.0646. The molecule has 1 aromatic heterocycles. The summed E-state index contributed by atoms with van der Waals surface area (Å²) in [5.41, 5.74) is 5.92. The molecule has 0 saturated heterocycles. The molecule has 0 atom stereocenters. The Labute approximate surface area is 127 Å². The molecule has 0 amide bonds. The fourth-order valence-corrected chi connectivity index (χ4v) is 3.75. The normalized spacial score (nSPS) is 11.3. The van der Waals surface area contributed by atoms with Gasteiger partial charge in [0, 0.05) is 21.2 Å². The molecule has 2 rings (SSSR count). The SMILES string of the molecule is Nc1cc(S(=O)(=O)Nc2ccc(Br)cc2Br)ccn1. The Morgan fingerprint density at radius 2 is 1.89 bits per heavy atom. The monoisotopic (exact) mass is 405 g/mol. The molecule has 1 heterocycles. The van der Waals surface area contributed by atoms with Gasteiger partial charge in [-0.2, -0.15) is 0 Å². The van der Waals surface area contributed by atoms with Crippen LogP contribution in [0, 0.1) is 0 Å². The smallest absolute Gasteiger partial charge is 0.262 e. The Hall–Kier alpha value is -1.12. The van der Waals surface area contributed by atoms with Crippen LogP contribution in [0.5, 0.6) is 0 Å². The van der Waals surface area contributed by atoms with Gasteiger partial charge in [0.15, 0.2) is 0 Å². The molecule has 0 aliphatic carbocycles. The van der Waals surface area contributed by atoms with E-state index in [0.29, 0.717) is 10.2 Å². The van der Waals surface area contributed by atoms with Crippen molar-refractivity contribution in [3.05, 3.63) is 45.5 Å². The zero-order valence-electron chi connectivity index (χ0n) is 9.47. The zero-order chi connectivity index (χ0) is 14.0. The number of rotatable bonds is 3. The van der Waals surface area contributed by atoms with E-state index in [1.165, 1.54) is 18.3 Å². The highest BCUT2D eigenvalue weighted by Crippen LogP contribution is 2.28. The Morgan fingerprint density at radius 3 is 2.53 bits per heavy atom. The van der Waals surface area contributed by atoms with E-state index in [2.05, 4.69) is 41.6 Å². The van der Waals surface area contributed by atoms with Crippen molar-refractivity contribution in [2.45, 2.75) is 4.90 Å². The maximum Gasteiger partial charge on any atom is 0.262 e. The number of nitrogens with one attached hydrogen (secondary N) is 1. The summed E-state index contributed by atoms with van der Waals surface area (Å²) < 4.78 is 28.3. The number of anilines is 2. The van der Waals surface area contributed by atoms with Gasteiger partial charge in [-0.05, 0) is 40.2 Å². The fourth-order valence-electron chi connectivity index (χ4n) is 1.37. The van der Waals surface area contributed by atoms with Gasteiger partial charge < -0.3 is 5.73 Å². The average molecular weight is 407 g/mol. The lowest BCUT2D eigenvalue weighted by Crippen LogP contribution is -2.13. The lowest BCUT2D eigenvalue weighted by molar-refractivity contribution is 0.601. The van der Waals surface area contributed by atoms with Gasteiger partial charge in [0.2, 0.25) is 0 Å². The predicted molar refractivity (Wildman–Crippen MR) is 81.3 cm³/mol. The van der Waals surface area contributed by atoms with Crippen molar-refractivity contribution in [1.29, 1.82) is 0 Å². The molecule has 100 valence electrons. The summed E-state index contributed by atoms with van der Waals surface area (Å²) >= 11 is 6.59. The molecular weight excluding hydrogens is 398 g/mol. The number of nitrogens with zero attached hydrogens (tertiary/aromatic N) is 1. The third kappa shape index (κ3) is 3.46. The Kier molecular flexibility index (Phi) is 4.12. The van der Waals surface area contributed by atoms with Crippen molar-refractivity contribution in [1.82, 2.24) is 4.98 Å². The van der Waals surface area contributed by atoms with Crippen molar-refractivity contribution in [2.75, 3.05) is 10.5 Å². The maximum atomic E-state index is 12.2. The summed E-state index contributed by atoms with van der Waals surface area (Å²) in [6, 6.07) is 7.82. The van der Waals surface area contributed by atoms with E-state index in [4.69, 9.17) is 5.73 Å². The fraction of sp³-hybridized carbons (Fsp3) is 0. The highest BCUT2D eigenvalue weighted by atomic mass is 79.9. The molecule has 0 unspecified atom stereocenters. The number of hydrogen-bond donors (Lipinski definition) is 2. The highest BCUT2D eigenvalue weighted by Gasteiger charge is 2.16. The molecule has 19 heavy (non-hydrogen) atoms. The number of benzene rings is 1. The van der Waals surface area contributed by atoms with Gasteiger partial charge in [0.05, 0.1) is 10.6 Å². The van der Waals surface area contributed by atoms with E-state index in [9.17, 15) is 8.42 Å². The van der Waals surface area contributed by atoms with Crippen LogP contribution in [0.2, 0.25) is 0 Å². The van der Waals surface area contributed by atoms with Crippen LogP contribution < -0.4 is 10.5 Å². The van der Waals surface area contributed by atoms with Gasteiger partial charge >= 0.3 is 0 Å². The molecule has 8 heteroatoms.